The van der Waals surface area contributed by atoms with Gasteiger partial charge >= 0.3 is 0 Å². The summed E-state index contributed by atoms with van der Waals surface area (Å²) in [5, 5.41) is 0.990. The van der Waals surface area contributed by atoms with Gasteiger partial charge in [-0.2, -0.15) is 0 Å². The number of thiazole rings is 1. The van der Waals surface area contributed by atoms with Crippen molar-refractivity contribution in [3.8, 4) is 22.4 Å². The minimum atomic E-state index is 0.990. The molecule has 1 N–H and O–H groups in total. The fourth-order valence-corrected chi connectivity index (χ4v) is 4.34. The molecular formula is C18H16IN3S. The van der Waals surface area contributed by atoms with E-state index in [1.807, 2.05) is 0 Å². The lowest BCUT2D eigenvalue weighted by Crippen LogP contribution is -2.07. The van der Waals surface area contributed by atoms with Crippen LogP contribution >= 0.6 is 34.2 Å². The third-order valence-corrected chi connectivity index (χ3v) is 6.05. The zero-order valence-corrected chi connectivity index (χ0v) is 15.9. The van der Waals surface area contributed by atoms with Crippen molar-refractivity contribution in [3.63, 3.8) is 0 Å². The molecule has 2 aromatic carbocycles. The number of nitrogens with zero attached hydrogens (tertiary/aromatic N) is 2. The molecule has 0 atom stereocenters. The summed E-state index contributed by atoms with van der Waals surface area (Å²) in [7, 11) is 4.13. The van der Waals surface area contributed by atoms with E-state index < -0.39 is 0 Å². The summed E-state index contributed by atoms with van der Waals surface area (Å²) in [6.07, 6.45) is 0.990. The van der Waals surface area contributed by atoms with Gasteiger partial charge in [-0.25, -0.2) is 4.98 Å². The van der Waals surface area contributed by atoms with Gasteiger partial charge in [-0.05, 0) is 28.8 Å². The summed E-state index contributed by atoms with van der Waals surface area (Å²) in [5.74, 6) is 0. The normalized spacial score (nSPS) is 12.0. The van der Waals surface area contributed by atoms with Crippen LogP contribution in [0.2, 0.25) is 0 Å². The first-order valence-electron chi connectivity index (χ1n) is 7.43. The van der Waals surface area contributed by atoms with Crippen molar-refractivity contribution in [1.29, 1.82) is 0 Å². The summed E-state index contributed by atoms with van der Waals surface area (Å²) in [6.45, 7) is 0. The number of hydrogen-bond acceptors (Lipinski definition) is 4. The van der Waals surface area contributed by atoms with Gasteiger partial charge in [-0.3, -0.25) is 0 Å². The van der Waals surface area contributed by atoms with Crippen LogP contribution in [0.25, 0.3) is 22.4 Å². The van der Waals surface area contributed by atoms with Crippen molar-refractivity contribution >= 4 is 45.0 Å². The Morgan fingerprint density at radius 3 is 2.52 bits per heavy atom. The molecule has 0 spiro atoms. The fraction of sp³-hybridized carbons (Fsp3) is 0.167. The highest BCUT2D eigenvalue weighted by Gasteiger charge is 2.23. The molecule has 0 radical (unpaired) electrons. The number of anilines is 2. The van der Waals surface area contributed by atoms with Gasteiger partial charge < -0.3 is 8.43 Å². The maximum atomic E-state index is 4.68. The minimum absolute atomic E-state index is 0.990. The Labute approximate surface area is 153 Å². The van der Waals surface area contributed by atoms with Crippen LogP contribution in [0.5, 0.6) is 0 Å². The van der Waals surface area contributed by atoms with E-state index in [1.165, 1.54) is 32.8 Å². The number of nitrogens with one attached hydrogen (secondary N) is 1. The Morgan fingerprint density at radius 2 is 1.83 bits per heavy atom. The van der Waals surface area contributed by atoms with Crippen LogP contribution < -0.4 is 8.43 Å². The van der Waals surface area contributed by atoms with E-state index in [9.17, 15) is 0 Å². The van der Waals surface area contributed by atoms with Crippen molar-refractivity contribution in [1.82, 2.24) is 4.98 Å². The van der Waals surface area contributed by atoms with Crippen molar-refractivity contribution in [3.05, 3.63) is 52.9 Å². The smallest absolute Gasteiger partial charge is 0.192 e. The van der Waals surface area contributed by atoms with Crippen LogP contribution in [-0.4, -0.2) is 19.1 Å². The van der Waals surface area contributed by atoms with Crippen LogP contribution in [0, 0.1) is 0 Å². The topological polar surface area (TPSA) is 28.2 Å². The Bertz CT molecular complexity index is 868. The van der Waals surface area contributed by atoms with E-state index in [2.05, 4.69) is 92.8 Å². The van der Waals surface area contributed by atoms with Gasteiger partial charge in [0.15, 0.2) is 5.13 Å². The van der Waals surface area contributed by atoms with Gasteiger partial charge in [0.2, 0.25) is 0 Å². The number of hydrogen-bond donors (Lipinski definition) is 1. The summed E-state index contributed by atoms with van der Waals surface area (Å²) in [5.41, 5.74) is 7.57. The maximum Gasteiger partial charge on any atom is 0.192 e. The third-order valence-electron chi connectivity index (χ3n) is 4.21. The molecule has 116 valence electrons. The van der Waals surface area contributed by atoms with Gasteiger partial charge in [0.1, 0.15) is 0 Å². The van der Waals surface area contributed by atoms with Crippen LogP contribution in [0.1, 0.15) is 10.4 Å². The molecule has 3 nitrogen and oxygen atoms in total. The highest BCUT2D eigenvalue weighted by Crippen LogP contribution is 2.42. The van der Waals surface area contributed by atoms with E-state index in [4.69, 9.17) is 0 Å². The zero-order chi connectivity index (χ0) is 16.0. The van der Waals surface area contributed by atoms with E-state index in [0.29, 0.717) is 0 Å². The van der Waals surface area contributed by atoms with Gasteiger partial charge in [0, 0.05) is 36.6 Å². The zero-order valence-electron chi connectivity index (χ0n) is 12.9. The number of aromatic nitrogens is 1. The van der Waals surface area contributed by atoms with Crippen LogP contribution in [0.3, 0.4) is 0 Å². The lowest BCUT2D eigenvalue weighted by atomic mass is 10.00. The minimum Gasteiger partial charge on any atom is -0.378 e. The van der Waals surface area contributed by atoms with Crippen molar-refractivity contribution in [2.24, 2.45) is 0 Å². The second-order valence-electron chi connectivity index (χ2n) is 5.88. The van der Waals surface area contributed by atoms with E-state index in [-0.39, 0.29) is 0 Å². The molecule has 0 fully saturated rings. The molecule has 4 rings (SSSR count). The number of halogens is 1. The Balaban J connectivity index is 1.69. The summed E-state index contributed by atoms with van der Waals surface area (Å²) in [4.78, 5) is 8.16. The Morgan fingerprint density at radius 1 is 1.09 bits per heavy atom. The quantitative estimate of drug-likeness (QED) is 0.355. The largest absolute Gasteiger partial charge is 0.378 e. The van der Waals surface area contributed by atoms with E-state index >= 15 is 0 Å². The molecule has 3 aromatic rings. The lowest BCUT2D eigenvalue weighted by molar-refractivity contribution is 1.13. The highest BCUT2D eigenvalue weighted by atomic mass is 127. The number of benzene rings is 2. The van der Waals surface area contributed by atoms with E-state index in [0.717, 1.165) is 17.2 Å². The number of fused-ring (bicyclic) bond motifs is 3. The lowest BCUT2D eigenvalue weighted by Gasteiger charge is -2.13. The second-order valence-corrected chi connectivity index (χ2v) is 7.50. The average molecular weight is 433 g/mol. The van der Waals surface area contributed by atoms with Crippen LogP contribution in [0.4, 0.5) is 10.8 Å². The third kappa shape index (κ3) is 2.61. The molecule has 23 heavy (non-hydrogen) atoms. The number of rotatable bonds is 3. The Kier molecular flexibility index (Phi) is 3.77. The van der Waals surface area contributed by atoms with Gasteiger partial charge in [0.05, 0.1) is 28.6 Å². The predicted molar refractivity (Wildman–Crippen MR) is 108 cm³/mol. The second kappa shape index (κ2) is 5.79. The Hall–Kier alpha value is -1.60. The summed E-state index contributed by atoms with van der Waals surface area (Å²) in [6, 6.07) is 15.4. The predicted octanol–water partition coefficient (Wildman–Crippen LogP) is 5.21. The van der Waals surface area contributed by atoms with Gasteiger partial charge in [-0.1, -0.05) is 30.3 Å². The molecule has 1 aliphatic rings. The standard InChI is InChI=1S/C18H16IN3S/c1-22(2)14-6-3-11(4-7-14)12-5-8-15-13(9-12)10-16-17(15)20-18(21-19)23-16/h3-9H,10H2,1-2H3,(H,20,21). The molecule has 0 saturated carbocycles. The van der Waals surface area contributed by atoms with Crippen LogP contribution in [-0.2, 0) is 6.42 Å². The molecular weight excluding hydrogens is 417 g/mol. The van der Waals surface area contributed by atoms with Crippen LogP contribution in [0.15, 0.2) is 42.5 Å². The van der Waals surface area contributed by atoms with E-state index in [1.54, 1.807) is 11.3 Å². The molecule has 1 aliphatic carbocycles. The highest BCUT2D eigenvalue weighted by molar-refractivity contribution is 14.1. The van der Waals surface area contributed by atoms with Crippen molar-refractivity contribution < 1.29 is 0 Å². The first-order chi connectivity index (χ1) is 11.2. The van der Waals surface area contributed by atoms with Gasteiger partial charge in [0.25, 0.3) is 0 Å². The SMILES string of the molecule is CN(C)c1ccc(-c2ccc3c(c2)Cc2sc(NI)nc2-3)cc1. The first kappa shape index (κ1) is 15.0. The van der Waals surface area contributed by atoms with Gasteiger partial charge in [-0.15, -0.1) is 11.3 Å². The average Bonchev–Trinajstić information content (AvgIpc) is 3.11. The summed E-state index contributed by atoms with van der Waals surface area (Å²) < 4.78 is 3.11. The molecule has 0 bridgehead atoms. The molecule has 1 heterocycles. The molecule has 0 aliphatic heterocycles. The maximum absolute atomic E-state index is 4.68. The molecule has 1 aromatic heterocycles. The monoisotopic (exact) mass is 433 g/mol. The van der Waals surface area contributed by atoms with Crippen molar-refractivity contribution in [2.75, 3.05) is 22.5 Å². The fourth-order valence-electron chi connectivity index (χ4n) is 3.00. The molecule has 5 heteroatoms. The first-order valence-corrected chi connectivity index (χ1v) is 9.32. The summed E-state index contributed by atoms with van der Waals surface area (Å²) >= 11 is 3.89. The molecule has 0 unspecified atom stereocenters. The van der Waals surface area contributed by atoms with Crippen molar-refractivity contribution in [2.45, 2.75) is 6.42 Å². The molecule has 0 amide bonds. The molecule has 0 saturated heterocycles.